The topological polar surface area (TPSA) is 67.4 Å². The first-order valence-corrected chi connectivity index (χ1v) is 10.9. The van der Waals surface area contributed by atoms with E-state index in [9.17, 15) is 9.59 Å². The normalized spacial score (nSPS) is 26.1. The summed E-state index contributed by atoms with van der Waals surface area (Å²) in [7, 11) is 1.38. The summed E-state index contributed by atoms with van der Waals surface area (Å²) in [6.07, 6.45) is 0. The third kappa shape index (κ3) is 2.96. The molecule has 1 spiro atoms. The highest BCUT2D eigenvalue weighted by atomic mass is 35.5. The molecule has 0 aromatic heterocycles. The molecule has 32 heavy (non-hydrogen) atoms. The van der Waals surface area contributed by atoms with Gasteiger partial charge in [-0.1, -0.05) is 71.8 Å². The summed E-state index contributed by atoms with van der Waals surface area (Å²) < 4.78 is 5.18. The van der Waals surface area contributed by atoms with E-state index in [1.165, 1.54) is 7.11 Å². The van der Waals surface area contributed by atoms with Crippen LogP contribution in [0.15, 0.2) is 72.8 Å². The molecule has 1 fully saturated rings. The quantitative estimate of drug-likeness (QED) is 0.581. The van der Waals surface area contributed by atoms with Crippen molar-refractivity contribution in [2.75, 3.05) is 12.4 Å². The van der Waals surface area contributed by atoms with Crippen LogP contribution in [-0.2, 0) is 19.7 Å². The van der Waals surface area contributed by atoms with E-state index >= 15 is 0 Å². The van der Waals surface area contributed by atoms with Gasteiger partial charge in [0.1, 0.15) is 11.5 Å². The van der Waals surface area contributed by atoms with Gasteiger partial charge < -0.3 is 10.1 Å². The number of nitrogens with one attached hydrogen (secondary N) is 2. The van der Waals surface area contributed by atoms with Crippen LogP contribution < -0.4 is 10.6 Å². The minimum atomic E-state index is -1.04. The van der Waals surface area contributed by atoms with Gasteiger partial charge in [0, 0.05) is 16.6 Å². The van der Waals surface area contributed by atoms with Crippen molar-refractivity contribution in [1.29, 1.82) is 0 Å². The summed E-state index contributed by atoms with van der Waals surface area (Å²) in [6.45, 7) is 2.01. The van der Waals surface area contributed by atoms with Crippen LogP contribution in [0.2, 0.25) is 5.02 Å². The van der Waals surface area contributed by atoms with Crippen molar-refractivity contribution in [3.63, 3.8) is 0 Å². The van der Waals surface area contributed by atoms with E-state index in [1.807, 2.05) is 67.6 Å². The molecule has 6 heteroatoms. The number of ether oxygens (including phenoxy) is 1. The van der Waals surface area contributed by atoms with Crippen LogP contribution in [0.25, 0.3) is 0 Å². The van der Waals surface area contributed by atoms with Crippen molar-refractivity contribution >= 4 is 29.2 Å². The van der Waals surface area contributed by atoms with Gasteiger partial charge >= 0.3 is 5.97 Å². The molecular weight excluding hydrogens is 424 g/mol. The zero-order valence-electron chi connectivity index (χ0n) is 17.8. The molecule has 162 valence electrons. The molecule has 5 nitrogen and oxygen atoms in total. The molecule has 3 aromatic carbocycles. The lowest BCUT2D eigenvalue weighted by Crippen LogP contribution is -2.44. The van der Waals surface area contributed by atoms with E-state index in [2.05, 4.69) is 10.6 Å². The molecule has 2 aliphatic heterocycles. The van der Waals surface area contributed by atoms with Crippen LogP contribution in [0.5, 0.6) is 0 Å². The van der Waals surface area contributed by atoms with Crippen LogP contribution in [0.1, 0.15) is 34.2 Å². The number of methoxy groups -OCH3 is 1. The van der Waals surface area contributed by atoms with Gasteiger partial charge in [0.25, 0.3) is 0 Å². The Morgan fingerprint density at radius 1 is 0.969 bits per heavy atom. The molecule has 5 rings (SSSR count). The first-order valence-electron chi connectivity index (χ1n) is 10.5. The Hall–Kier alpha value is -3.15. The molecule has 1 saturated heterocycles. The van der Waals surface area contributed by atoms with Crippen LogP contribution in [0.4, 0.5) is 5.69 Å². The Labute approximate surface area is 191 Å². The number of hydrogen-bond acceptors (Lipinski definition) is 4. The van der Waals surface area contributed by atoms with Crippen LogP contribution in [0, 0.1) is 6.92 Å². The summed E-state index contributed by atoms with van der Waals surface area (Å²) >= 11 is 6.15. The van der Waals surface area contributed by atoms with Crippen molar-refractivity contribution in [2.24, 2.45) is 0 Å². The first-order chi connectivity index (χ1) is 15.5. The maximum atomic E-state index is 13.9. The molecule has 2 aliphatic rings. The largest absolute Gasteiger partial charge is 0.468 e. The summed E-state index contributed by atoms with van der Waals surface area (Å²) in [5.74, 6) is -1.01. The van der Waals surface area contributed by atoms with Gasteiger partial charge in [0.15, 0.2) is 0 Å². The minimum absolute atomic E-state index is 0.136. The first kappa shape index (κ1) is 20.7. The molecule has 0 saturated carbocycles. The van der Waals surface area contributed by atoms with Crippen molar-refractivity contribution in [3.05, 3.63) is 100 Å². The van der Waals surface area contributed by atoms with Crippen LogP contribution >= 0.6 is 11.6 Å². The predicted molar refractivity (Wildman–Crippen MR) is 124 cm³/mol. The van der Waals surface area contributed by atoms with E-state index in [-0.39, 0.29) is 5.91 Å². The lowest BCUT2D eigenvalue weighted by atomic mass is 9.63. The van der Waals surface area contributed by atoms with Gasteiger partial charge in [-0.3, -0.25) is 14.9 Å². The second kappa shape index (κ2) is 7.76. The van der Waals surface area contributed by atoms with Gasteiger partial charge in [-0.15, -0.1) is 0 Å². The number of aryl methyl sites for hydroxylation is 1. The van der Waals surface area contributed by atoms with Crippen molar-refractivity contribution in [1.82, 2.24) is 5.32 Å². The highest BCUT2D eigenvalue weighted by Gasteiger charge is 2.66. The SMILES string of the molecule is COC(=O)[C@@H]1N[C@H](c2ccc(Cl)cc2)[C@]2(C(=O)Nc3ccccc32)[C@H]1c1ccc(C)cc1. The van der Waals surface area contributed by atoms with E-state index < -0.39 is 29.4 Å². The van der Waals surface area contributed by atoms with Crippen molar-refractivity contribution in [3.8, 4) is 0 Å². The Morgan fingerprint density at radius 2 is 1.62 bits per heavy atom. The number of carbonyl (C=O) groups excluding carboxylic acids is 2. The minimum Gasteiger partial charge on any atom is -0.468 e. The molecular formula is C26H23ClN2O3. The van der Waals surface area contributed by atoms with Gasteiger partial charge in [-0.25, -0.2) is 0 Å². The zero-order valence-corrected chi connectivity index (χ0v) is 18.5. The number of amides is 1. The average Bonchev–Trinajstić information content (AvgIpc) is 3.31. The maximum absolute atomic E-state index is 13.9. The summed E-state index contributed by atoms with van der Waals surface area (Å²) in [5, 5.41) is 7.15. The zero-order chi connectivity index (χ0) is 22.5. The Bertz CT molecular complexity index is 1190. The molecule has 0 unspecified atom stereocenters. The number of anilines is 1. The molecule has 1 amide bonds. The maximum Gasteiger partial charge on any atom is 0.323 e. The highest BCUT2D eigenvalue weighted by molar-refractivity contribution is 6.30. The number of esters is 1. The Morgan fingerprint density at radius 3 is 2.31 bits per heavy atom. The number of fused-ring (bicyclic) bond motifs is 2. The second-order valence-corrected chi connectivity index (χ2v) is 8.85. The number of halogens is 1. The Balaban J connectivity index is 1.80. The number of benzene rings is 3. The highest BCUT2D eigenvalue weighted by Crippen LogP contribution is 2.59. The van der Waals surface area contributed by atoms with Crippen LogP contribution in [-0.4, -0.2) is 25.0 Å². The number of hydrogen-bond donors (Lipinski definition) is 2. The van der Waals surface area contributed by atoms with Crippen molar-refractivity contribution < 1.29 is 14.3 Å². The fourth-order valence-electron chi connectivity index (χ4n) is 5.32. The number of para-hydroxylation sites is 1. The fourth-order valence-corrected chi connectivity index (χ4v) is 5.45. The average molecular weight is 447 g/mol. The van der Waals surface area contributed by atoms with E-state index in [4.69, 9.17) is 16.3 Å². The van der Waals surface area contributed by atoms with Crippen LogP contribution in [0.3, 0.4) is 0 Å². The number of carbonyl (C=O) groups is 2. The smallest absolute Gasteiger partial charge is 0.323 e. The molecule has 3 aromatic rings. The van der Waals surface area contributed by atoms with E-state index in [0.717, 1.165) is 27.9 Å². The molecule has 0 bridgehead atoms. The summed E-state index contributed by atoms with van der Waals surface area (Å²) in [6, 6.07) is 22.0. The van der Waals surface area contributed by atoms with Gasteiger partial charge in [0.2, 0.25) is 5.91 Å². The van der Waals surface area contributed by atoms with Gasteiger partial charge in [0.05, 0.1) is 13.2 Å². The fraction of sp³-hybridized carbons (Fsp3) is 0.231. The van der Waals surface area contributed by atoms with Gasteiger partial charge in [-0.2, -0.15) is 0 Å². The summed E-state index contributed by atoms with van der Waals surface area (Å²) in [4.78, 5) is 26.9. The summed E-state index contributed by atoms with van der Waals surface area (Å²) in [5.41, 5.74) is 3.48. The Kier molecular flexibility index (Phi) is 5.03. The number of rotatable bonds is 3. The lowest BCUT2D eigenvalue weighted by molar-refractivity contribution is -0.143. The molecule has 0 radical (unpaired) electrons. The van der Waals surface area contributed by atoms with Gasteiger partial charge in [-0.05, 0) is 41.8 Å². The third-order valence-electron chi connectivity index (χ3n) is 6.72. The molecule has 4 atom stereocenters. The van der Waals surface area contributed by atoms with E-state index in [1.54, 1.807) is 12.1 Å². The molecule has 2 heterocycles. The third-order valence-corrected chi connectivity index (χ3v) is 6.97. The standard InChI is InChI=1S/C26H23ClN2O3/c1-15-7-9-16(10-8-15)21-22(24(30)32-2)29-23(17-11-13-18(27)14-12-17)26(21)19-5-3-4-6-20(19)28-25(26)31/h3-14,21-23,29H,1-2H3,(H,28,31)/t21-,22+,23+,26+/m0/s1. The second-order valence-electron chi connectivity index (χ2n) is 8.41. The monoisotopic (exact) mass is 446 g/mol. The lowest BCUT2D eigenvalue weighted by Gasteiger charge is -2.35. The molecule has 0 aliphatic carbocycles. The van der Waals surface area contributed by atoms with E-state index in [0.29, 0.717) is 5.02 Å². The predicted octanol–water partition coefficient (Wildman–Crippen LogP) is 4.51. The van der Waals surface area contributed by atoms with Crippen molar-refractivity contribution in [2.45, 2.75) is 30.3 Å². The molecule has 2 N–H and O–H groups in total.